The normalized spacial score (nSPS) is 14.2. The summed E-state index contributed by atoms with van der Waals surface area (Å²) in [6.07, 6.45) is 1.44. The summed E-state index contributed by atoms with van der Waals surface area (Å²) in [5.74, 6) is -0.873. The largest absolute Gasteiger partial charge is 0.397 e. The van der Waals surface area contributed by atoms with Crippen LogP contribution in [-0.2, 0) is 15.6 Å². The van der Waals surface area contributed by atoms with Gasteiger partial charge in [0.05, 0.1) is 11.4 Å². The number of anilines is 2. The fraction of sp³-hybridized carbons (Fsp3) is 0.300. The zero-order valence-electron chi connectivity index (χ0n) is 8.99. The van der Waals surface area contributed by atoms with E-state index in [1.165, 1.54) is 18.4 Å². The molecule has 3 N–H and O–H groups in total. The minimum absolute atomic E-state index is 0.141. The van der Waals surface area contributed by atoms with Crippen molar-refractivity contribution in [2.24, 2.45) is 0 Å². The van der Waals surface area contributed by atoms with Gasteiger partial charge in [0, 0.05) is 17.1 Å². The second-order valence-corrected chi connectivity index (χ2v) is 5.07. The minimum Gasteiger partial charge on any atom is -0.397 e. The van der Waals surface area contributed by atoms with Crippen LogP contribution < -0.4 is 11.1 Å². The Morgan fingerprint density at radius 1 is 1.56 bits per heavy atom. The molecule has 0 spiro atoms. The third-order valence-corrected chi connectivity index (χ3v) is 3.35. The van der Waals surface area contributed by atoms with Gasteiger partial charge in [0.1, 0.15) is 11.1 Å². The van der Waals surface area contributed by atoms with Gasteiger partial charge in [-0.1, -0.05) is 0 Å². The van der Waals surface area contributed by atoms with E-state index < -0.39 is 27.8 Å². The summed E-state index contributed by atoms with van der Waals surface area (Å²) in [6, 6.07) is 3.68. The maximum Gasteiger partial charge on any atom is 0.239 e. The van der Waals surface area contributed by atoms with Crippen LogP contribution in [0.2, 0.25) is 0 Å². The fourth-order valence-corrected chi connectivity index (χ4v) is 1.39. The summed E-state index contributed by atoms with van der Waals surface area (Å²) in [5.41, 5.74) is 5.98. The molecule has 0 saturated heterocycles. The van der Waals surface area contributed by atoms with Crippen LogP contribution in [0.25, 0.3) is 0 Å². The number of carbonyl (C=O) groups is 1. The highest BCUT2D eigenvalue weighted by Crippen LogP contribution is 2.19. The topological polar surface area (TPSA) is 72.2 Å². The van der Waals surface area contributed by atoms with E-state index in [1.54, 1.807) is 6.92 Å². The van der Waals surface area contributed by atoms with Crippen LogP contribution in [0.15, 0.2) is 18.2 Å². The molecule has 2 unspecified atom stereocenters. The molecule has 0 aromatic heterocycles. The lowest BCUT2D eigenvalue weighted by atomic mass is 10.2. The molecule has 16 heavy (non-hydrogen) atoms. The maximum atomic E-state index is 12.7. The molecule has 0 aliphatic heterocycles. The van der Waals surface area contributed by atoms with Gasteiger partial charge in [-0.15, -0.1) is 0 Å². The van der Waals surface area contributed by atoms with Crippen LogP contribution >= 0.6 is 0 Å². The van der Waals surface area contributed by atoms with Crippen molar-refractivity contribution in [1.82, 2.24) is 0 Å². The number of nitrogen functional groups attached to an aromatic ring is 1. The van der Waals surface area contributed by atoms with E-state index in [9.17, 15) is 13.4 Å². The standard InChI is InChI=1S/C10H13FN2O2S/c1-6(16(2)15)10(14)13-9-4-3-7(11)5-8(9)12/h3-6H,12H2,1-2H3,(H,13,14). The second-order valence-electron chi connectivity index (χ2n) is 3.36. The Kier molecular flexibility index (Phi) is 4.00. The number of benzene rings is 1. The van der Waals surface area contributed by atoms with Crippen molar-refractivity contribution in [2.75, 3.05) is 17.3 Å². The van der Waals surface area contributed by atoms with Crippen molar-refractivity contribution in [3.63, 3.8) is 0 Å². The highest BCUT2D eigenvalue weighted by atomic mass is 32.2. The molecule has 88 valence electrons. The number of hydrogen-bond acceptors (Lipinski definition) is 3. The molecule has 0 aliphatic carbocycles. The summed E-state index contributed by atoms with van der Waals surface area (Å²) in [6.45, 7) is 1.55. The van der Waals surface area contributed by atoms with Crippen LogP contribution in [-0.4, -0.2) is 21.6 Å². The van der Waals surface area contributed by atoms with Gasteiger partial charge in [0.2, 0.25) is 5.91 Å². The Morgan fingerprint density at radius 3 is 2.69 bits per heavy atom. The Balaban J connectivity index is 2.81. The van der Waals surface area contributed by atoms with Gasteiger partial charge < -0.3 is 11.1 Å². The van der Waals surface area contributed by atoms with E-state index in [4.69, 9.17) is 5.73 Å². The lowest BCUT2D eigenvalue weighted by Gasteiger charge is -2.11. The molecule has 2 atom stereocenters. The summed E-state index contributed by atoms with van der Waals surface area (Å²) >= 11 is 0. The number of carbonyl (C=O) groups excluding carboxylic acids is 1. The summed E-state index contributed by atoms with van der Waals surface area (Å²) < 4.78 is 23.8. The minimum atomic E-state index is -1.25. The third kappa shape index (κ3) is 3.03. The van der Waals surface area contributed by atoms with E-state index in [2.05, 4.69) is 5.32 Å². The molecule has 0 bridgehead atoms. The summed E-state index contributed by atoms with van der Waals surface area (Å²) in [5, 5.41) is 1.86. The van der Waals surface area contributed by atoms with E-state index in [0.717, 1.165) is 6.07 Å². The molecule has 0 radical (unpaired) electrons. The quantitative estimate of drug-likeness (QED) is 0.782. The Hall–Kier alpha value is -1.43. The van der Waals surface area contributed by atoms with Crippen molar-refractivity contribution < 1.29 is 13.4 Å². The third-order valence-electron chi connectivity index (χ3n) is 2.14. The molecule has 0 saturated carbocycles. The average molecular weight is 244 g/mol. The first-order chi connectivity index (χ1) is 7.41. The number of halogens is 1. The predicted octanol–water partition coefficient (Wildman–Crippen LogP) is 1.11. The number of nitrogens with one attached hydrogen (secondary N) is 1. The molecule has 1 amide bonds. The van der Waals surface area contributed by atoms with Crippen molar-refractivity contribution >= 4 is 28.1 Å². The molecule has 0 aliphatic rings. The first kappa shape index (κ1) is 12.6. The molecule has 6 heteroatoms. The number of amides is 1. The summed E-state index contributed by atoms with van der Waals surface area (Å²) in [7, 11) is -1.25. The molecule has 1 rings (SSSR count). The highest BCUT2D eigenvalue weighted by Gasteiger charge is 2.17. The van der Waals surface area contributed by atoms with Crippen LogP contribution in [0.4, 0.5) is 15.8 Å². The van der Waals surface area contributed by atoms with Gasteiger partial charge in [0.15, 0.2) is 0 Å². The Bertz CT molecular complexity index is 437. The zero-order chi connectivity index (χ0) is 12.3. The van der Waals surface area contributed by atoms with E-state index in [1.807, 2.05) is 0 Å². The molecular weight excluding hydrogens is 231 g/mol. The van der Waals surface area contributed by atoms with E-state index in [-0.39, 0.29) is 5.69 Å². The van der Waals surface area contributed by atoms with Crippen LogP contribution in [0.5, 0.6) is 0 Å². The number of hydrogen-bond donors (Lipinski definition) is 2. The Morgan fingerprint density at radius 2 is 2.19 bits per heavy atom. The van der Waals surface area contributed by atoms with Crippen LogP contribution in [0.3, 0.4) is 0 Å². The van der Waals surface area contributed by atoms with Gasteiger partial charge >= 0.3 is 0 Å². The van der Waals surface area contributed by atoms with Crippen molar-refractivity contribution in [1.29, 1.82) is 0 Å². The predicted molar refractivity (Wildman–Crippen MR) is 63.0 cm³/mol. The first-order valence-electron chi connectivity index (χ1n) is 4.60. The average Bonchev–Trinajstić information content (AvgIpc) is 2.20. The molecule has 1 aromatic rings. The molecule has 1 aromatic carbocycles. The lowest BCUT2D eigenvalue weighted by Crippen LogP contribution is -2.28. The maximum absolute atomic E-state index is 12.7. The summed E-state index contributed by atoms with van der Waals surface area (Å²) in [4.78, 5) is 11.5. The van der Waals surface area contributed by atoms with E-state index in [0.29, 0.717) is 5.69 Å². The van der Waals surface area contributed by atoms with E-state index >= 15 is 0 Å². The van der Waals surface area contributed by atoms with Crippen LogP contribution in [0, 0.1) is 5.82 Å². The number of nitrogens with two attached hydrogens (primary N) is 1. The van der Waals surface area contributed by atoms with Crippen molar-refractivity contribution in [3.05, 3.63) is 24.0 Å². The van der Waals surface area contributed by atoms with Crippen molar-refractivity contribution in [3.8, 4) is 0 Å². The van der Waals surface area contributed by atoms with Gasteiger partial charge in [-0.05, 0) is 25.1 Å². The van der Waals surface area contributed by atoms with Gasteiger partial charge in [-0.2, -0.15) is 0 Å². The smallest absolute Gasteiger partial charge is 0.239 e. The SMILES string of the molecule is CC(C(=O)Nc1ccc(F)cc1N)S(C)=O. The second kappa shape index (κ2) is 5.07. The van der Waals surface area contributed by atoms with Crippen molar-refractivity contribution in [2.45, 2.75) is 12.2 Å². The fourth-order valence-electron chi connectivity index (χ4n) is 1.03. The van der Waals surface area contributed by atoms with Gasteiger partial charge in [-0.25, -0.2) is 4.39 Å². The highest BCUT2D eigenvalue weighted by molar-refractivity contribution is 7.85. The van der Waals surface area contributed by atoms with Gasteiger partial charge in [0.25, 0.3) is 0 Å². The lowest BCUT2D eigenvalue weighted by molar-refractivity contribution is -0.115. The number of rotatable bonds is 3. The monoisotopic (exact) mass is 244 g/mol. The molecule has 4 nitrogen and oxygen atoms in total. The Labute approximate surface area is 95.5 Å². The zero-order valence-corrected chi connectivity index (χ0v) is 9.81. The van der Waals surface area contributed by atoms with Gasteiger partial charge in [-0.3, -0.25) is 9.00 Å². The van der Waals surface area contributed by atoms with Crippen LogP contribution in [0.1, 0.15) is 6.92 Å². The molecule has 0 heterocycles. The molecule has 0 fully saturated rings. The molecular formula is C10H13FN2O2S. The first-order valence-corrected chi connectivity index (χ1v) is 6.22.